The summed E-state index contributed by atoms with van der Waals surface area (Å²) in [6.45, 7) is 33.9. The molecule has 20 rings (SSSR count). The number of pyridine rings is 8. The molecule has 12 aromatic heterocycles. The van der Waals surface area contributed by atoms with Crippen molar-refractivity contribution < 1.29 is 89.3 Å². The third-order valence-electron chi connectivity index (χ3n) is 21.5. The summed E-state index contributed by atoms with van der Waals surface area (Å²) in [5, 5.41) is 9.65. The molecule has 12 heterocycles. The molecule has 0 spiro atoms. The number of aromatic nitrogens is 16. The predicted molar refractivity (Wildman–Crippen MR) is 471 cm³/mol. The van der Waals surface area contributed by atoms with E-state index in [4.69, 9.17) is 0 Å². The van der Waals surface area contributed by atoms with Gasteiger partial charge in [0, 0.05) is 112 Å². The van der Waals surface area contributed by atoms with E-state index >= 15 is 0 Å². The number of para-hydroxylation sites is 8. The topological polar surface area (TPSA) is 214 Å². The number of aromatic amines is 2. The van der Waals surface area contributed by atoms with E-state index in [0.29, 0.717) is 11.6 Å². The molecule has 0 fully saturated rings. The van der Waals surface area contributed by atoms with Crippen molar-refractivity contribution in [3.8, 4) is 23.3 Å². The third kappa shape index (κ3) is 22.0. The molecular weight excluding hydrogens is 1820 g/mol. The predicted octanol–water partition coefficient (Wildman–Crippen LogP) is 28.3. The Bertz CT molecular complexity index is 6240. The van der Waals surface area contributed by atoms with Crippen LogP contribution in [0.3, 0.4) is 0 Å². The Kier molecular flexibility index (Phi) is 25.7. The normalized spacial score (nSPS) is 12.5. The van der Waals surface area contributed by atoms with Crippen molar-refractivity contribution in [3.63, 3.8) is 0 Å². The molecule has 0 aliphatic heterocycles. The smallest absolute Gasteiger partial charge is 0.436 e. The Hall–Kier alpha value is -11.8. The van der Waals surface area contributed by atoms with Gasteiger partial charge in [-0.2, -0.15) is 0 Å². The van der Waals surface area contributed by atoms with Gasteiger partial charge in [0.25, 0.3) is 0 Å². The standard InChI is InChI=1S/4C16H16N2.C14H10N4.C14H8N4.2F6P.2Ru/c4*1-9-7-17-15-13(11(9)3)5-6-14-12(4)10(2)8-18-16(14)15;2*1-2-6-10-9(5-1)15-13(16-10)14-17-11-7-3-4-8-12(11)18-14;2*1-7(2,3,4,5)6;;/h4*5-8H,1-4H3;1-8H,(H,15,16)(H,17,18);1-8H;;;;/q;;;;;-2;2*-1;;+2. The molecule has 16 nitrogen and oxygen atoms in total. The first-order chi connectivity index (χ1) is 57.1. The van der Waals surface area contributed by atoms with Crippen LogP contribution in [-0.2, 0) is 39.0 Å². The maximum atomic E-state index is 9.87. The number of halogens is 12. The first-order valence-electron chi connectivity index (χ1n) is 38.3. The fourth-order valence-corrected chi connectivity index (χ4v) is 13.7. The van der Waals surface area contributed by atoms with Gasteiger partial charge >= 0.3 is 85.5 Å². The summed E-state index contributed by atoms with van der Waals surface area (Å²) in [6.07, 6.45) is 15.5. The zero-order chi connectivity index (χ0) is 88.2. The Morgan fingerprint density at radius 3 is 0.581 bits per heavy atom. The zero-order valence-electron chi connectivity index (χ0n) is 69.9. The number of benzene rings is 8. The average Bonchev–Trinajstić information content (AvgIpc) is 1.34. The van der Waals surface area contributed by atoms with Crippen LogP contribution in [0.1, 0.15) is 89.0 Å². The van der Waals surface area contributed by atoms with Crippen molar-refractivity contribution in [2.45, 2.75) is 111 Å². The largest absolute Gasteiger partial charge is 2.00 e. The molecule has 0 saturated heterocycles. The van der Waals surface area contributed by atoms with E-state index in [-0.39, 0.29) is 39.0 Å². The molecule has 0 aliphatic rings. The molecule has 20 aromatic rings. The van der Waals surface area contributed by atoms with Gasteiger partial charge in [0.2, 0.25) is 0 Å². The number of aryl methyl sites for hydroxylation is 16. The van der Waals surface area contributed by atoms with Crippen LogP contribution >= 0.6 is 15.6 Å². The van der Waals surface area contributed by atoms with Crippen LogP contribution in [0.15, 0.2) is 195 Å². The number of hydrogen-bond donors (Lipinski definition) is 2. The molecule has 0 amide bonds. The number of fused-ring (bicyclic) bond motifs is 16. The van der Waals surface area contributed by atoms with Crippen LogP contribution in [0.25, 0.3) is 155 Å². The van der Waals surface area contributed by atoms with Crippen molar-refractivity contribution in [2.75, 3.05) is 0 Å². The van der Waals surface area contributed by atoms with E-state index in [9.17, 15) is 50.4 Å². The summed E-state index contributed by atoms with van der Waals surface area (Å²) < 4.78 is 118. The minimum atomic E-state index is -10.7. The van der Waals surface area contributed by atoms with Gasteiger partial charge in [0.05, 0.1) is 66.2 Å². The first-order valence-corrected chi connectivity index (χ1v) is 42.4. The van der Waals surface area contributed by atoms with E-state index in [1.165, 1.54) is 132 Å². The van der Waals surface area contributed by atoms with Crippen molar-refractivity contribution in [2.24, 2.45) is 0 Å². The average molecular weight is 1900 g/mol. The monoisotopic (exact) mass is 1900 g/mol. The second-order valence-corrected chi connectivity index (χ2v) is 34.0. The van der Waals surface area contributed by atoms with Crippen LogP contribution in [0.5, 0.6) is 0 Å². The molecular formula is C92H82F12N16P2Ru2-2. The van der Waals surface area contributed by atoms with Gasteiger partial charge in [0.1, 0.15) is 0 Å². The number of imidazole rings is 4. The maximum absolute atomic E-state index is 10.7. The van der Waals surface area contributed by atoms with Gasteiger partial charge in [0.15, 0.2) is 11.6 Å². The Morgan fingerprint density at radius 1 is 0.234 bits per heavy atom. The number of hydrogen-bond acceptors (Lipinski definition) is 12. The quantitative estimate of drug-likeness (QED) is 0.0713. The van der Waals surface area contributed by atoms with E-state index in [0.717, 1.165) is 99.9 Å². The molecule has 0 saturated carbocycles. The zero-order valence-corrected chi connectivity index (χ0v) is 75.1. The van der Waals surface area contributed by atoms with Crippen LogP contribution in [0, 0.1) is 111 Å². The molecule has 8 aromatic carbocycles. The van der Waals surface area contributed by atoms with E-state index in [2.05, 4.69) is 239 Å². The fraction of sp³-hybridized carbons (Fsp3) is 0.174. The Labute approximate surface area is 729 Å². The summed E-state index contributed by atoms with van der Waals surface area (Å²) in [5.41, 5.74) is 35.7. The molecule has 0 unspecified atom stereocenters. The second-order valence-electron chi connectivity index (χ2n) is 30.2. The van der Waals surface area contributed by atoms with Gasteiger partial charge in [-0.05, 0) is 246 Å². The van der Waals surface area contributed by atoms with Crippen molar-refractivity contribution >= 4 is 147 Å². The van der Waals surface area contributed by atoms with Gasteiger partial charge in [-0.1, -0.05) is 133 Å². The molecule has 32 heteroatoms. The van der Waals surface area contributed by atoms with Gasteiger partial charge in [-0.15, -0.1) is 0 Å². The van der Waals surface area contributed by atoms with Crippen molar-refractivity contribution in [1.82, 2.24) is 79.7 Å². The summed E-state index contributed by atoms with van der Waals surface area (Å²) in [5.74, 6) is 2.72. The van der Waals surface area contributed by atoms with Gasteiger partial charge < -0.3 is 29.9 Å². The molecule has 0 bridgehead atoms. The first kappa shape index (κ1) is 92.9. The van der Waals surface area contributed by atoms with Crippen LogP contribution < -0.4 is 9.97 Å². The summed E-state index contributed by atoms with van der Waals surface area (Å²) in [6, 6.07) is 48.8. The van der Waals surface area contributed by atoms with Crippen molar-refractivity contribution in [1.29, 1.82) is 0 Å². The Balaban J connectivity index is 0.000000140. The van der Waals surface area contributed by atoms with Crippen LogP contribution in [0.4, 0.5) is 50.4 Å². The minimum absolute atomic E-state index is 0. The maximum Gasteiger partial charge on any atom is 2.00 e. The summed E-state index contributed by atoms with van der Waals surface area (Å²) in [7, 11) is -21.3. The molecule has 124 heavy (non-hydrogen) atoms. The number of nitrogens with zero attached hydrogens (tertiary/aromatic N) is 14. The van der Waals surface area contributed by atoms with Crippen LogP contribution in [0.2, 0.25) is 0 Å². The molecule has 0 aliphatic carbocycles. The third-order valence-corrected chi connectivity index (χ3v) is 21.5. The van der Waals surface area contributed by atoms with Crippen LogP contribution in [-0.4, -0.2) is 69.8 Å². The van der Waals surface area contributed by atoms with Gasteiger partial charge in [-0.25, -0.2) is 9.97 Å². The number of rotatable bonds is 2. The number of nitrogens with one attached hydrogen (secondary N) is 2. The van der Waals surface area contributed by atoms with E-state index in [1.807, 2.05) is 147 Å². The second kappa shape index (κ2) is 34.4. The SMILES string of the molecule is Cc1cnc2c(ccc3c(C)c(C)cnc32)c1C.Cc1cnc2c(ccc3c(C)c(C)cnc32)c1C.Cc1cnc2c(ccc3c(C)c(C)cnc32)c1C.Cc1cnc2c(ccc3c(C)c(C)cnc32)c1C.F[P-](F)(F)(F)(F)F.F[P-](F)(F)(F)(F)F.[Ru+2].[Ru].c1ccc2[n-]c(-c3nc4ccccc4[n-]3)nc2c1.c1ccc2[nH]c(-c3nc4ccccc4[nH]3)nc2c1. The van der Waals surface area contributed by atoms with Gasteiger partial charge in [-0.3, -0.25) is 39.9 Å². The molecule has 2 N–H and O–H groups in total. The van der Waals surface area contributed by atoms with E-state index < -0.39 is 15.6 Å². The van der Waals surface area contributed by atoms with Crippen molar-refractivity contribution in [3.05, 3.63) is 284 Å². The molecule has 0 atom stereocenters. The molecule has 0 radical (unpaired) electrons. The van der Waals surface area contributed by atoms with E-state index in [1.54, 1.807) is 0 Å². The summed E-state index contributed by atoms with van der Waals surface area (Å²) in [4.78, 5) is 70.0. The number of H-pyrrole nitrogens is 2. The molecule has 642 valence electrons. The fourth-order valence-electron chi connectivity index (χ4n) is 13.7. The Morgan fingerprint density at radius 2 is 0.403 bits per heavy atom. The summed E-state index contributed by atoms with van der Waals surface area (Å²) >= 11 is 0. The minimum Gasteiger partial charge on any atom is -0.436 e.